The fourth-order valence-electron chi connectivity index (χ4n) is 0.477. The van der Waals surface area contributed by atoms with Gasteiger partial charge in [0, 0.05) is 6.08 Å². The van der Waals surface area contributed by atoms with Crippen molar-refractivity contribution in [3.05, 3.63) is 25.3 Å². The Morgan fingerprint density at radius 2 is 2.36 bits per heavy atom. The molecule has 0 aliphatic heterocycles. The van der Waals surface area contributed by atoms with E-state index in [0.717, 1.165) is 11.8 Å². The number of hydrogen-bond donors (Lipinski definition) is 0. The minimum Gasteiger partial charge on any atom is -0.444 e. The Kier molecular flexibility index (Phi) is 5.65. The molecule has 0 saturated heterocycles. The summed E-state index contributed by atoms with van der Waals surface area (Å²) in [5.41, 5.74) is -0.245. The standard InChI is InChI=1S/C8H12O2S/c1-4-7(9)10-8(5-2)11-6-3/h4-5,8H,1-2,6H2,3H3. The Morgan fingerprint density at radius 1 is 1.73 bits per heavy atom. The van der Waals surface area contributed by atoms with Crippen LogP contribution in [0.4, 0.5) is 0 Å². The molecule has 0 rings (SSSR count). The monoisotopic (exact) mass is 172 g/mol. The van der Waals surface area contributed by atoms with Crippen LogP contribution in [-0.2, 0) is 9.53 Å². The minimum absolute atomic E-state index is 0.245. The average molecular weight is 172 g/mol. The van der Waals surface area contributed by atoms with Gasteiger partial charge in [0.15, 0.2) is 5.44 Å². The van der Waals surface area contributed by atoms with Crippen molar-refractivity contribution in [2.75, 3.05) is 5.75 Å². The molecule has 0 bridgehead atoms. The second-order valence-corrected chi connectivity index (χ2v) is 3.08. The highest BCUT2D eigenvalue weighted by atomic mass is 32.2. The second kappa shape index (κ2) is 6.04. The van der Waals surface area contributed by atoms with Gasteiger partial charge in [0.1, 0.15) is 0 Å². The highest BCUT2D eigenvalue weighted by molar-refractivity contribution is 7.99. The van der Waals surface area contributed by atoms with Crippen LogP contribution in [0.5, 0.6) is 0 Å². The first-order valence-corrected chi connectivity index (χ1v) is 4.36. The Bertz CT molecular complexity index is 154. The van der Waals surface area contributed by atoms with Gasteiger partial charge in [-0.3, -0.25) is 0 Å². The number of thioether (sulfide) groups is 1. The van der Waals surface area contributed by atoms with Crippen molar-refractivity contribution < 1.29 is 9.53 Å². The maximum Gasteiger partial charge on any atom is 0.331 e. The van der Waals surface area contributed by atoms with E-state index in [1.54, 1.807) is 6.08 Å². The fourth-order valence-corrected chi connectivity index (χ4v) is 1.10. The molecule has 0 aromatic rings. The van der Waals surface area contributed by atoms with Crippen LogP contribution in [0.3, 0.4) is 0 Å². The van der Waals surface area contributed by atoms with Crippen molar-refractivity contribution in [1.82, 2.24) is 0 Å². The lowest BCUT2D eigenvalue weighted by Crippen LogP contribution is -2.10. The van der Waals surface area contributed by atoms with Gasteiger partial charge in [-0.25, -0.2) is 4.79 Å². The Morgan fingerprint density at radius 3 is 2.73 bits per heavy atom. The molecule has 62 valence electrons. The van der Waals surface area contributed by atoms with Gasteiger partial charge in [-0.2, -0.15) is 0 Å². The first kappa shape index (κ1) is 10.3. The zero-order valence-electron chi connectivity index (χ0n) is 6.58. The van der Waals surface area contributed by atoms with Crippen LogP contribution in [0.25, 0.3) is 0 Å². The van der Waals surface area contributed by atoms with E-state index in [1.807, 2.05) is 6.92 Å². The van der Waals surface area contributed by atoms with Gasteiger partial charge in [0.05, 0.1) is 0 Å². The van der Waals surface area contributed by atoms with E-state index in [-0.39, 0.29) is 5.44 Å². The number of carbonyl (C=O) groups is 1. The Hall–Kier alpha value is -0.700. The summed E-state index contributed by atoms with van der Waals surface area (Å²) >= 11 is 1.51. The molecule has 0 fully saturated rings. The second-order valence-electron chi connectivity index (χ2n) is 1.70. The van der Waals surface area contributed by atoms with Crippen LogP contribution in [0, 0.1) is 0 Å². The summed E-state index contributed by atoms with van der Waals surface area (Å²) in [5, 5.41) is 0. The molecule has 1 unspecified atom stereocenters. The van der Waals surface area contributed by atoms with Crippen molar-refractivity contribution in [3.8, 4) is 0 Å². The van der Waals surface area contributed by atoms with Crippen LogP contribution >= 0.6 is 11.8 Å². The van der Waals surface area contributed by atoms with E-state index < -0.39 is 5.97 Å². The van der Waals surface area contributed by atoms with Crippen LogP contribution < -0.4 is 0 Å². The fraction of sp³-hybridized carbons (Fsp3) is 0.375. The molecular weight excluding hydrogens is 160 g/mol. The maximum atomic E-state index is 10.7. The molecule has 11 heavy (non-hydrogen) atoms. The lowest BCUT2D eigenvalue weighted by atomic mass is 10.6. The van der Waals surface area contributed by atoms with Crippen LogP contribution in [0.1, 0.15) is 6.92 Å². The van der Waals surface area contributed by atoms with Crippen LogP contribution in [-0.4, -0.2) is 17.2 Å². The predicted molar refractivity (Wildman–Crippen MR) is 48.4 cm³/mol. The molecule has 0 aliphatic carbocycles. The molecule has 3 heteroatoms. The highest BCUT2D eigenvalue weighted by Gasteiger charge is 2.06. The van der Waals surface area contributed by atoms with Gasteiger partial charge in [-0.1, -0.05) is 20.1 Å². The first-order chi connectivity index (χ1) is 5.24. The molecule has 0 aliphatic rings. The van der Waals surface area contributed by atoms with E-state index in [9.17, 15) is 4.79 Å². The SMILES string of the molecule is C=CC(=O)OC(C=C)SCC. The number of carbonyl (C=O) groups excluding carboxylic acids is 1. The third-order valence-electron chi connectivity index (χ3n) is 0.922. The maximum absolute atomic E-state index is 10.7. The normalized spacial score (nSPS) is 11.7. The highest BCUT2D eigenvalue weighted by Crippen LogP contribution is 2.12. The predicted octanol–water partition coefficient (Wildman–Crippen LogP) is 1.98. The van der Waals surface area contributed by atoms with Gasteiger partial charge in [-0.05, 0) is 11.8 Å². The van der Waals surface area contributed by atoms with Gasteiger partial charge in [-0.15, -0.1) is 11.8 Å². The summed E-state index contributed by atoms with van der Waals surface area (Å²) in [6.07, 6.45) is 2.74. The summed E-state index contributed by atoms with van der Waals surface area (Å²) in [4.78, 5) is 10.7. The molecule has 0 spiro atoms. The van der Waals surface area contributed by atoms with E-state index in [4.69, 9.17) is 4.74 Å². The van der Waals surface area contributed by atoms with Crippen molar-refractivity contribution in [1.29, 1.82) is 0 Å². The van der Waals surface area contributed by atoms with Crippen LogP contribution in [0.2, 0.25) is 0 Å². The Balaban J connectivity index is 3.76. The van der Waals surface area contributed by atoms with Crippen molar-refractivity contribution in [3.63, 3.8) is 0 Å². The molecule has 0 amide bonds. The van der Waals surface area contributed by atoms with Gasteiger partial charge >= 0.3 is 5.97 Å². The largest absolute Gasteiger partial charge is 0.444 e. The minimum atomic E-state index is -0.407. The topological polar surface area (TPSA) is 26.3 Å². The number of esters is 1. The van der Waals surface area contributed by atoms with Gasteiger partial charge in [0.2, 0.25) is 0 Å². The molecule has 0 saturated carbocycles. The van der Waals surface area contributed by atoms with E-state index in [0.29, 0.717) is 0 Å². The van der Waals surface area contributed by atoms with E-state index in [2.05, 4.69) is 13.2 Å². The van der Waals surface area contributed by atoms with Crippen molar-refractivity contribution in [2.24, 2.45) is 0 Å². The molecule has 0 heterocycles. The smallest absolute Gasteiger partial charge is 0.331 e. The number of rotatable bonds is 5. The summed E-state index contributed by atoms with van der Waals surface area (Å²) in [6, 6.07) is 0. The molecule has 0 aromatic carbocycles. The lowest BCUT2D eigenvalue weighted by Gasteiger charge is -2.09. The molecule has 2 nitrogen and oxygen atoms in total. The zero-order valence-corrected chi connectivity index (χ0v) is 7.39. The number of hydrogen-bond acceptors (Lipinski definition) is 3. The van der Waals surface area contributed by atoms with Crippen molar-refractivity contribution in [2.45, 2.75) is 12.4 Å². The van der Waals surface area contributed by atoms with Crippen LogP contribution in [0.15, 0.2) is 25.3 Å². The molecule has 0 radical (unpaired) electrons. The third-order valence-corrected chi connectivity index (χ3v) is 1.87. The zero-order chi connectivity index (χ0) is 8.69. The first-order valence-electron chi connectivity index (χ1n) is 3.31. The lowest BCUT2D eigenvalue weighted by molar-refractivity contribution is -0.137. The van der Waals surface area contributed by atoms with Gasteiger partial charge in [0.25, 0.3) is 0 Å². The molecular formula is C8H12O2S. The van der Waals surface area contributed by atoms with Gasteiger partial charge < -0.3 is 4.74 Å². The molecule has 0 N–H and O–H groups in total. The Labute approximate surface area is 71.3 Å². The third kappa shape index (κ3) is 4.67. The molecule has 0 aromatic heterocycles. The summed E-state index contributed by atoms with van der Waals surface area (Å²) in [6.45, 7) is 8.81. The molecule has 1 atom stereocenters. The van der Waals surface area contributed by atoms with E-state index in [1.165, 1.54) is 11.8 Å². The summed E-state index contributed by atoms with van der Waals surface area (Å²) in [5.74, 6) is 0.483. The number of ether oxygens (including phenoxy) is 1. The van der Waals surface area contributed by atoms with E-state index >= 15 is 0 Å². The summed E-state index contributed by atoms with van der Waals surface area (Å²) < 4.78 is 4.88. The van der Waals surface area contributed by atoms with Crippen molar-refractivity contribution >= 4 is 17.7 Å². The summed E-state index contributed by atoms with van der Waals surface area (Å²) in [7, 11) is 0. The quantitative estimate of drug-likeness (QED) is 0.274. The average Bonchev–Trinajstić information content (AvgIpc) is 2.03.